The van der Waals surface area contributed by atoms with Gasteiger partial charge >= 0.3 is 0 Å². The number of halogens is 1. The highest BCUT2D eigenvalue weighted by Gasteiger charge is 2.10. The molecule has 1 aromatic carbocycles. The van der Waals surface area contributed by atoms with E-state index >= 15 is 0 Å². The molecule has 0 amide bonds. The molecule has 0 atom stereocenters. The molecule has 3 rings (SSSR count). The highest BCUT2D eigenvalue weighted by molar-refractivity contribution is 9.10. The summed E-state index contributed by atoms with van der Waals surface area (Å²) in [7, 11) is 4.01. The third-order valence-electron chi connectivity index (χ3n) is 3.03. The number of hydrogen-bond acceptors (Lipinski definition) is 1. The van der Waals surface area contributed by atoms with Crippen molar-refractivity contribution in [1.82, 2.24) is 14.3 Å². The van der Waals surface area contributed by atoms with E-state index < -0.39 is 0 Å². The lowest BCUT2D eigenvalue weighted by Crippen LogP contribution is -1.90. The lowest BCUT2D eigenvalue weighted by Gasteiger charge is -2.01. The fourth-order valence-corrected chi connectivity index (χ4v) is 2.62. The molecule has 0 aliphatic carbocycles. The minimum Gasteiger partial charge on any atom is -0.344 e. The lowest BCUT2D eigenvalue weighted by atomic mass is 10.2. The van der Waals surface area contributed by atoms with Crippen LogP contribution in [0.3, 0.4) is 0 Å². The van der Waals surface area contributed by atoms with Crippen LogP contribution in [0.1, 0.15) is 0 Å². The standard InChI is InChI=1S/C13H12BrN3/c1-16-8-9(7-15-16)13-6-10-11(14)4-3-5-12(10)17(13)2/h3-8H,1-2H3. The molecule has 0 spiro atoms. The molecular formula is C13H12BrN3. The van der Waals surface area contributed by atoms with Crippen molar-refractivity contribution in [2.45, 2.75) is 0 Å². The Kier molecular flexibility index (Phi) is 2.33. The molecular weight excluding hydrogens is 278 g/mol. The van der Waals surface area contributed by atoms with Gasteiger partial charge in [0.1, 0.15) is 0 Å². The zero-order chi connectivity index (χ0) is 12.0. The van der Waals surface area contributed by atoms with Crippen LogP contribution in [0.2, 0.25) is 0 Å². The molecule has 0 N–H and O–H groups in total. The summed E-state index contributed by atoms with van der Waals surface area (Å²) in [6.07, 6.45) is 3.92. The number of rotatable bonds is 1. The van der Waals surface area contributed by atoms with Gasteiger partial charge in [0.05, 0.1) is 11.9 Å². The molecule has 0 radical (unpaired) electrons. The third kappa shape index (κ3) is 1.60. The molecule has 3 aromatic rings. The Morgan fingerprint density at radius 3 is 2.71 bits per heavy atom. The van der Waals surface area contributed by atoms with E-state index in [1.54, 1.807) is 0 Å². The highest BCUT2D eigenvalue weighted by Crippen LogP contribution is 2.31. The first kappa shape index (κ1) is 10.6. The summed E-state index contributed by atoms with van der Waals surface area (Å²) in [6, 6.07) is 8.44. The van der Waals surface area contributed by atoms with Crippen molar-refractivity contribution in [2.24, 2.45) is 14.1 Å². The molecule has 2 heterocycles. The van der Waals surface area contributed by atoms with Gasteiger partial charge in [-0.25, -0.2) is 0 Å². The molecule has 0 bridgehead atoms. The number of fused-ring (bicyclic) bond motifs is 1. The lowest BCUT2D eigenvalue weighted by molar-refractivity contribution is 0.768. The molecule has 0 unspecified atom stereocenters. The Bertz CT molecular complexity index is 694. The monoisotopic (exact) mass is 289 g/mol. The van der Waals surface area contributed by atoms with E-state index in [1.165, 1.54) is 16.6 Å². The molecule has 4 heteroatoms. The maximum absolute atomic E-state index is 4.22. The van der Waals surface area contributed by atoms with Gasteiger partial charge in [0.2, 0.25) is 0 Å². The van der Waals surface area contributed by atoms with Crippen molar-refractivity contribution >= 4 is 26.8 Å². The fourth-order valence-electron chi connectivity index (χ4n) is 2.15. The number of benzene rings is 1. The first-order chi connectivity index (χ1) is 8.16. The van der Waals surface area contributed by atoms with Gasteiger partial charge in [-0.05, 0) is 18.2 Å². The van der Waals surface area contributed by atoms with E-state index in [4.69, 9.17) is 0 Å². The van der Waals surface area contributed by atoms with Crippen LogP contribution in [-0.2, 0) is 14.1 Å². The predicted octanol–water partition coefficient (Wildman–Crippen LogP) is 3.34. The van der Waals surface area contributed by atoms with Gasteiger partial charge in [0, 0.05) is 41.2 Å². The summed E-state index contributed by atoms with van der Waals surface area (Å²) >= 11 is 3.59. The Balaban J connectivity index is 2.31. The molecule has 86 valence electrons. The Morgan fingerprint density at radius 2 is 2.06 bits per heavy atom. The summed E-state index contributed by atoms with van der Waals surface area (Å²) in [6.45, 7) is 0. The van der Waals surface area contributed by atoms with Crippen molar-refractivity contribution in [1.29, 1.82) is 0 Å². The second-order valence-electron chi connectivity index (χ2n) is 4.16. The smallest absolute Gasteiger partial charge is 0.0583 e. The molecule has 0 aliphatic heterocycles. The van der Waals surface area contributed by atoms with Crippen LogP contribution in [0, 0.1) is 0 Å². The Morgan fingerprint density at radius 1 is 1.24 bits per heavy atom. The van der Waals surface area contributed by atoms with Crippen molar-refractivity contribution in [2.75, 3.05) is 0 Å². The van der Waals surface area contributed by atoms with E-state index in [9.17, 15) is 0 Å². The van der Waals surface area contributed by atoms with Crippen LogP contribution in [0.5, 0.6) is 0 Å². The number of hydrogen-bond donors (Lipinski definition) is 0. The van der Waals surface area contributed by atoms with Crippen molar-refractivity contribution in [3.63, 3.8) is 0 Å². The predicted molar refractivity (Wildman–Crippen MR) is 72.8 cm³/mol. The van der Waals surface area contributed by atoms with Gasteiger partial charge in [-0.2, -0.15) is 5.10 Å². The van der Waals surface area contributed by atoms with Crippen LogP contribution >= 0.6 is 15.9 Å². The third-order valence-corrected chi connectivity index (χ3v) is 3.73. The topological polar surface area (TPSA) is 22.8 Å². The molecule has 0 saturated carbocycles. The van der Waals surface area contributed by atoms with Crippen molar-refractivity contribution in [3.8, 4) is 11.3 Å². The fraction of sp³-hybridized carbons (Fsp3) is 0.154. The van der Waals surface area contributed by atoms with Crippen LogP contribution in [0.25, 0.3) is 22.2 Å². The maximum atomic E-state index is 4.22. The van der Waals surface area contributed by atoms with E-state index in [1.807, 2.05) is 24.1 Å². The summed E-state index contributed by atoms with van der Waals surface area (Å²) < 4.78 is 5.14. The van der Waals surface area contributed by atoms with Gasteiger partial charge < -0.3 is 4.57 Å². The average molecular weight is 290 g/mol. The normalized spacial score (nSPS) is 11.2. The molecule has 2 aromatic heterocycles. The Labute approximate surface area is 108 Å². The summed E-state index contributed by atoms with van der Waals surface area (Å²) in [5.74, 6) is 0. The van der Waals surface area contributed by atoms with E-state index in [2.05, 4.69) is 56.9 Å². The molecule has 3 nitrogen and oxygen atoms in total. The maximum Gasteiger partial charge on any atom is 0.0583 e. The van der Waals surface area contributed by atoms with Crippen LogP contribution in [-0.4, -0.2) is 14.3 Å². The zero-order valence-corrected chi connectivity index (χ0v) is 11.3. The Hall–Kier alpha value is -1.55. The zero-order valence-electron chi connectivity index (χ0n) is 9.68. The van der Waals surface area contributed by atoms with E-state index in [0.717, 1.165) is 10.0 Å². The number of aromatic nitrogens is 3. The van der Waals surface area contributed by atoms with Gasteiger partial charge in [-0.15, -0.1) is 0 Å². The molecule has 17 heavy (non-hydrogen) atoms. The molecule has 0 aliphatic rings. The summed E-state index contributed by atoms with van der Waals surface area (Å²) in [4.78, 5) is 0. The highest BCUT2D eigenvalue weighted by atomic mass is 79.9. The largest absolute Gasteiger partial charge is 0.344 e. The van der Waals surface area contributed by atoms with Crippen molar-refractivity contribution < 1.29 is 0 Å². The minimum atomic E-state index is 1.13. The van der Waals surface area contributed by atoms with Gasteiger partial charge in [-0.1, -0.05) is 22.0 Å². The van der Waals surface area contributed by atoms with Crippen molar-refractivity contribution in [3.05, 3.63) is 41.1 Å². The molecule has 0 fully saturated rings. The molecule has 0 saturated heterocycles. The van der Waals surface area contributed by atoms with Crippen LogP contribution in [0.15, 0.2) is 41.1 Å². The van der Waals surface area contributed by atoms with Crippen LogP contribution in [0.4, 0.5) is 0 Å². The van der Waals surface area contributed by atoms with Gasteiger partial charge in [0.25, 0.3) is 0 Å². The first-order valence-electron chi connectivity index (χ1n) is 5.40. The van der Waals surface area contributed by atoms with E-state index in [0.29, 0.717) is 0 Å². The second kappa shape index (κ2) is 3.74. The minimum absolute atomic E-state index is 1.13. The first-order valence-corrected chi connectivity index (χ1v) is 6.19. The van der Waals surface area contributed by atoms with Gasteiger partial charge in [0.15, 0.2) is 0 Å². The summed E-state index contributed by atoms with van der Waals surface area (Å²) in [5, 5.41) is 5.45. The SMILES string of the molecule is Cn1cc(-c2cc3c(Br)cccc3n2C)cn1. The van der Waals surface area contributed by atoms with Gasteiger partial charge in [-0.3, -0.25) is 4.68 Å². The average Bonchev–Trinajstić information content (AvgIpc) is 2.85. The van der Waals surface area contributed by atoms with E-state index in [-0.39, 0.29) is 0 Å². The number of aryl methyl sites for hydroxylation is 2. The quantitative estimate of drug-likeness (QED) is 0.674. The van der Waals surface area contributed by atoms with Crippen LogP contribution < -0.4 is 0 Å². The second-order valence-corrected chi connectivity index (χ2v) is 5.02. The number of nitrogens with zero attached hydrogens (tertiary/aromatic N) is 3. The summed E-state index contributed by atoms with van der Waals surface area (Å²) in [5.41, 5.74) is 3.54.